The monoisotopic (exact) mass is 334 g/mol. The van der Waals surface area contributed by atoms with Crippen molar-refractivity contribution in [1.82, 2.24) is 0 Å². The van der Waals surface area contributed by atoms with Crippen LogP contribution in [-0.4, -0.2) is 0 Å². The van der Waals surface area contributed by atoms with E-state index >= 15 is 0 Å². The number of nitrogens with two attached hydrogens (primary N) is 2. The second kappa shape index (κ2) is 5.68. The Labute approximate surface area is 131 Å². The fourth-order valence-electron chi connectivity index (χ4n) is 1.70. The first-order valence-corrected chi connectivity index (χ1v) is 6.87. The lowest BCUT2D eigenvalue weighted by Gasteiger charge is -2.11. The summed E-state index contributed by atoms with van der Waals surface area (Å²) < 4.78 is 0. The number of rotatable bonds is 2. The summed E-state index contributed by atoms with van der Waals surface area (Å²) >= 11 is 24.3. The van der Waals surface area contributed by atoms with Gasteiger partial charge in [0.15, 0.2) is 0 Å². The smallest absolute Gasteiger partial charge is 0.0825 e. The van der Waals surface area contributed by atoms with Crippen LogP contribution >= 0.6 is 46.4 Å². The molecule has 2 rings (SSSR count). The van der Waals surface area contributed by atoms with Gasteiger partial charge in [-0.3, -0.25) is 0 Å². The van der Waals surface area contributed by atoms with E-state index in [4.69, 9.17) is 57.9 Å². The van der Waals surface area contributed by atoms with E-state index in [2.05, 4.69) is 0 Å². The molecule has 2 nitrogen and oxygen atoms in total. The summed E-state index contributed by atoms with van der Waals surface area (Å²) in [7, 11) is 0. The van der Waals surface area contributed by atoms with E-state index in [-0.39, 0.29) is 0 Å². The minimum absolute atomic E-state index is 0.308. The molecule has 0 saturated carbocycles. The van der Waals surface area contributed by atoms with Gasteiger partial charge in [-0.1, -0.05) is 52.5 Å². The molecule has 0 amide bonds. The highest BCUT2D eigenvalue weighted by Gasteiger charge is 2.14. The zero-order chi connectivity index (χ0) is 14.2. The molecule has 0 aliphatic rings. The van der Waals surface area contributed by atoms with Crippen molar-refractivity contribution in [2.24, 2.45) is 0 Å². The molecule has 0 aliphatic heterocycles. The number of anilines is 2. The van der Waals surface area contributed by atoms with Crippen LogP contribution in [0, 0.1) is 0 Å². The fourth-order valence-corrected chi connectivity index (χ4v) is 2.67. The molecule has 0 atom stereocenters. The Hall–Kier alpha value is -0.800. The van der Waals surface area contributed by atoms with Crippen LogP contribution < -0.4 is 11.5 Å². The minimum Gasteiger partial charge on any atom is -0.398 e. The molecule has 4 N–H and O–H groups in total. The minimum atomic E-state index is 0.308. The summed E-state index contributed by atoms with van der Waals surface area (Å²) in [4.78, 5) is 0. The van der Waals surface area contributed by atoms with Crippen LogP contribution in [0.15, 0.2) is 24.3 Å². The van der Waals surface area contributed by atoms with E-state index in [0.29, 0.717) is 43.4 Å². The predicted octanol–water partition coefficient (Wildman–Crippen LogP) is 5.06. The summed E-state index contributed by atoms with van der Waals surface area (Å²) in [5, 5.41) is 1.63. The summed E-state index contributed by atoms with van der Waals surface area (Å²) in [6.07, 6.45) is 0.498. The van der Waals surface area contributed by atoms with Crippen LogP contribution in [0.5, 0.6) is 0 Å². The van der Waals surface area contributed by atoms with Gasteiger partial charge in [0.25, 0.3) is 0 Å². The first-order valence-electron chi connectivity index (χ1n) is 5.36. The van der Waals surface area contributed by atoms with Crippen LogP contribution in [0.1, 0.15) is 11.1 Å². The van der Waals surface area contributed by atoms with E-state index in [9.17, 15) is 0 Å². The summed E-state index contributed by atoms with van der Waals surface area (Å²) in [5.74, 6) is 0. The van der Waals surface area contributed by atoms with Crippen LogP contribution in [-0.2, 0) is 6.42 Å². The van der Waals surface area contributed by atoms with E-state index in [1.807, 2.05) is 6.07 Å². The summed E-state index contributed by atoms with van der Waals surface area (Å²) in [6, 6.07) is 6.95. The lowest BCUT2D eigenvalue weighted by Crippen LogP contribution is -1.96. The zero-order valence-corrected chi connectivity index (χ0v) is 12.7. The third-order valence-electron chi connectivity index (χ3n) is 2.73. The maximum absolute atomic E-state index is 6.17. The Bertz CT molecular complexity index is 641. The SMILES string of the molecule is Nc1ccc(Cc2c(Cl)cc(N)c(Cl)c2Cl)cc1Cl. The molecule has 2 aromatic rings. The van der Waals surface area contributed by atoms with Gasteiger partial charge in [-0.05, 0) is 29.3 Å². The van der Waals surface area contributed by atoms with Gasteiger partial charge < -0.3 is 11.5 Å². The fraction of sp³-hybridized carbons (Fsp3) is 0.0769. The molecule has 0 aliphatic carbocycles. The quantitative estimate of drug-likeness (QED) is 0.595. The topological polar surface area (TPSA) is 52.0 Å². The van der Waals surface area contributed by atoms with Crippen molar-refractivity contribution >= 4 is 57.8 Å². The standard InChI is InChI=1S/C13H10Cl4N2/c14-8-5-11(19)13(17)12(16)7(8)3-6-1-2-10(18)9(15)4-6/h1-2,4-5H,3,18-19H2. The van der Waals surface area contributed by atoms with E-state index in [0.717, 1.165) is 5.56 Å². The average Bonchev–Trinajstić information content (AvgIpc) is 2.36. The van der Waals surface area contributed by atoms with Gasteiger partial charge in [0.2, 0.25) is 0 Å². The number of hydrogen-bond acceptors (Lipinski definition) is 2. The second-order valence-corrected chi connectivity index (χ2v) is 5.66. The molecule has 0 bridgehead atoms. The molecule has 0 heterocycles. The third-order valence-corrected chi connectivity index (χ3v) is 4.31. The molecule has 0 fully saturated rings. The number of hydrogen-bond donors (Lipinski definition) is 2. The first-order chi connectivity index (χ1) is 8.90. The lowest BCUT2D eigenvalue weighted by atomic mass is 10.0. The Balaban J connectivity index is 2.43. The van der Waals surface area contributed by atoms with Gasteiger partial charge in [0.1, 0.15) is 0 Å². The van der Waals surface area contributed by atoms with Crippen molar-refractivity contribution < 1.29 is 0 Å². The van der Waals surface area contributed by atoms with E-state index in [1.54, 1.807) is 18.2 Å². The summed E-state index contributed by atoms with van der Waals surface area (Å²) in [6.45, 7) is 0. The molecule has 0 aromatic heterocycles. The van der Waals surface area contributed by atoms with Crippen molar-refractivity contribution in [2.75, 3.05) is 11.5 Å². The number of halogens is 4. The molecule has 0 radical (unpaired) electrons. The van der Waals surface area contributed by atoms with Crippen molar-refractivity contribution in [2.45, 2.75) is 6.42 Å². The van der Waals surface area contributed by atoms with Crippen molar-refractivity contribution in [3.05, 3.63) is 55.5 Å². The first kappa shape index (κ1) is 14.6. The highest BCUT2D eigenvalue weighted by Crippen LogP contribution is 2.37. The largest absolute Gasteiger partial charge is 0.398 e. The molecule has 6 heteroatoms. The van der Waals surface area contributed by atoms with Crippen molar-refractivity contribution in [1.29, 1.82) is 0 Å². The average molecular weight is 336 g/mol. The molecule has 0 spiro atoms. The summed E-state index contributed by atoms with van der Waals surface area (Å²) in [5.41, 5.74) is 13.9. The highest BCUT2D eigenvalue weighted by molar-refractivity contribution is 6.45. The Morgan fingerprint density at radius 2 is 1.47 bits per heavy atom. The Morgan fingerprint density at radius 1 is 0.789 bits per heavy atom. The van der Waals surface area contributed by atoms with Crippen molar-refractivity contribution in [3.63, 3.8) is 0 Å². The van der Waals surface area contributed by atoms with E-state index < -0.39 is 0 Å². The Morgan fingerprint density at radius 3 is 2.11 bits per heavy atom. The molecular formula is C13H10Cl4N2. The molecular weight excluding hydrogens is 326 g/mol. The van der Waals surface area contributed by atoms with E-state index in [1.165, 1.54) is 0 Å². The van der Waals surface area contributed by atoms with Gasteiger partial charge >= 0.3 is 0 Å². The highest BCUT2D eigenvalue weighted by atomic mass is 35.5. The zero-order valence-electron chi connectivity index (χ0n) is 9.68. The van der Waals surface area contributed by atoms with Gasteiger partial charge in [0, 0.05) is 11.4 Å². The molecule has 19 heavy (non-hydrogen) atoms. The van der Waals surface area contributed by atoms with Gasteiger partial charge in [0.05, 0.1) is 26.4 Å². The molecule has 2 aromatic carbocycles. The number of nitrogen functional groups attached to an aromatic ring is 2. The molecule has 0 saturated heterocycles. The van der Waals surface area contributed by atoms with Gasteiger partial charge in [-0.25, -0.2) is 0 Å². The van der Waals surface area contributed by atoms with Crippen LogP contribution in [0.3, 0.4) is 0 Å². The maximum Gasteiger partial charge on any atom is 0.0825 e. The predicted molar refractivity (Wildman–Crippen MR) is 84.6 cm³/mol. The van der Waals surface area contributed by atoms with Crippen LogP contribution in [0.25, 0.3) is 0 Å². The second-order valence-electron chi connectivity index (χ2n) is 4.09. The van der Waals surface area contributed by atoms with Crippen LogP contribution in [0.4, 0.5) is 11.4 Å². The lowest BCUT2D eigenvalue weighted by molar-refractivity contribution is 1.19. The third kappa shape index (κ3) is 3.03. The van der Waals surface area contributed by atoms with Crippen molar-refractivity contribution in [3.8, 4) is 0 Å². The van der Waals surface area contributed by atoms with Gasteiger partial charge in [-0.15, -0.1) is 0 Å². The normalized spacial score (nSPS) is 10.7. The Kier molecular flexibility index (Phi) is 4.36. The molecule has 100 valence electrons. The maximum atomic E-state index is 6.17. The number of benzene rings is 2. The molecule has 0 unspecified atom stereocenters. The van der Waals surface area contributed by atoms with Gasteiger partial charge in [-0.2, -0.15) is 0 Å². The van der Waals surface area contributed by atoms with Crippen LogP contribution in [0.2, 0.25) is 20.1 Å².